The molecule has 0 saturated carbocycles. The Morgan fingerprint density at radius 3 is 2.65 bits per heavy atom. The van der Waals surface area contributed by atoms with Gasteiger partial charge in [0.2, 0.25) is 0 Å². The van der Waals surface area contributed by atoms with Crippen LogP contribution in [0, 0.1) is 0 Å². The summed E-state index contributed by atoms with van der Waals surface area (Å²) in [5.74, 6) is 1.37. The molecule has 0 unspecified atom stereocenters. The van der Waals surface area contributed by atoms with E-state index in [0.29, 0.717) is 17.1 Å². The van der Waals surface area contributed by atoms with Gasteiger partial charge in [0.25, 0.3) is 5.91 Å². The Balaban J connectivity index is 1.71. The van der Waals surface area contributed by atoms with Gasteiger partial charge in [-0.2, -0.15) is 0 Å². The number of rotatable bonds is 4. The fraction of sp³-hybridized carbons (Fsp3) is 0.111. The molecule has 1 aromatic carbocycles. The summed E-state index contributed by atoms with van der Waals surface area (Å²) < 4.78 is 5.81. The highest BCUT2D eigenvalue weighted by atomic mass is 35.5. The predicted molar refractivity (Wildman–Crippen MR) is 89.2 cm³/mol. The molecule has 0 spiro atoms. The van der Waals surface area contributed by atoms with E-state index in [9.17, 15) is 4.79 Å². The molecule has 3 rings (SSSR count). The highest BCUT2D eigenvalue weighted by Gasteiger charge is 2.14. The van der Waals surface area contributed by atoms with E-state index in [2.05, 4.69) is 4.98 Å². The van der Waals surface area contributed by atoms with Gasteiger partial charge in [-0.25, -0.2) is 0 Å². The third-order valence-corrected chi connectivity index (χ3v) is 3.69. The van der Waals surface area contributed by atoms with Gasteiger partial charge in [0.05, 0.1) is 12.1 Å². The topological polar surface area (TPSA) is 46.3 Å². The lowest BCUT2D eigenvalue weighted by molar-refractivity contribution is 0.0775. The van der Waals surface area contributed by atoms with Crippen molar-refractivity contribution in [2.45, 2.75) is 6.54 Å². The maximum Gasteiger partial charge on any atom is 0.255 e. The number of hydrogen-bond acceptors (Lipinski definition) is 3. The van der Waals surface area contributed by atoms with Crippen LogP contribution in [0.4, 0.5) is 0 Å². The van der Waals surface area contributed by atoms with Crippen LogP contribution in [-0.4, -0.2) is 22.8 Å². The van der Waals surface area contributed by atoms with E-state index in [1.807, 2.05) is 36.4 Å². The summed E-state index contributed by atoms with van der Waals surface area (Å²) in [5, 5.41) is 0.683. The van der Waals surface area contributed by atoms with Crippen molar-refractivity contribution in [3.05, 3.63) is 77.3 Å². The molecular formula is C18H15ClN2O2. The summed E-state index contributed by atoms with van der Waals surface area (Å²) in [7, 11) is 1.74. The zero-order chi connectivity index (χ0) is 16.2. The number of furan rings is 1. The average Bonchev–Trinajstić information content (AvgIpc) is 3.04. The number of halogens is 1. The Kier molecular flexibility index (Phi) is 4.44. The molecule has 0 fully saturated rings. The molecule has 2 heterocycles. The second-order valence-corrected chi connectivity index (χ2v) is 5.61. The SMILES string of the molecule is CN(Cc1ccc(-c2ccc(Cl)cc2)o1)C(=O)c1cccnc1. The van der Waals surface area contributed by atoms with Gasteiger partial charge in [0.15, 0.2) is 0 Å². The van der Waals surface area contributed by atoms with Gasteiger partial charge in [-0.15, -0.1) is 0 Å². The first-order valence-corrected chi connectivity index (χ1v) is 7.51. The quantitative estimate of drug-likeness (QED) is 0.719. The zero-order valence-corrected chi connectivity index (χ0v) is 13.3. The summed E-state index contributed by atoms with van der Waals surface area (Å²) in [6, 6.07) is 14.7. The monoisotopic (exact) mass is 326 g/mol. The van der Waals surface area contributed by atoms with E-state index in [4.69, 9.17) is 16.0 Å². The van der Waals surface area contributed by atoms with Crippen molar-refractivity contribution < 1.29 is 9.21 Å². The Labute approximate surface area is 139 Å². The van der Waals surface area contributed by atoms with E-state index in [1.165, 1.54) is 0 Å². The molecule has 5 heteroatoms. The molecule has 0 aliphatic carbocycles. The minimum absolute atomic E-state index is 0.0949. The summed E-state index contributed by atoms with van der Waals surface area (Å²) >= 11 is 5.89. The molecule has 0 atom stereocenters. The van der Waals surface area contributed by atoms with Crippen LogP contribution in [0.1, 0.15) is 16.1 Å². The summed E-state index contributed by atoms with van der Waals surface area (Å²) in [6.07, 6.45) is 3.20. The van der Waals surface area contributed by atoms with Crippen LogP contribution in [0.3, 0.4) is 0 Å². The number of carbonyl (C=O) groups is 1. The fourth-order valence-corrected chi connectivity index (χ4v) is 2.37. The molecule has 0 radical (unpaired) electrons. The number of benzene rings is 1. The molecule has 2 aromatic heterocycles. The second kappa shape index (κ2) is 6.67. The fourth-order valence-electron chi connectivity index (χ4n) is 2.25. The van der Waals surface area contributed by atoms with Gasteiger partial charge in [-0.05, 0) is 48.5 Å². The molecule has 0 saturated heterocycles. The number of aromatic nitrogens is 1. The maximum absolute atomic E-state index is 12.3. The molecule has 23 heavy (non-hydrogen) atoms. The van der Waals surface area contributed by atoms with Gasteiger partial charge in [-0.3, -0.25) is 9.78 Å². The van der Waals surface area contributed by atoms with E-state index in [-0.39, 0.29) is 5.91 Å². The lowest BCUT2D eigenvalue weighted by atomic mass is 10.2. The summed E-state index contributed by atoms with van der Waals surface area (Å²) in [5.41, 5.74) is 1.50. The number of nitrogens with zero attached hydrogens (tertiary/aromatic N) is 2. The van der Waals surface area contributed by atoms with Crippen molar-refractivity contribution in [2.75, 3.05) is 7.05 Å². The van der Waals surface area contributed by atoms with Crippen LogP contribution < -0.4 is 0 Å². The van der Waals surface area contributed by atoms with Crippen molar-refractivity contribution in [2.24, 2.45) is 0 Å². The Hall–Kier alpha value is -2.59. The Bertz CT molecular complexity index is 797. The Morgan fingerprint density at radius 1 is 1.17 bits per heavy atom. The van der Waals surface area contributed by atoms with Crippen LogP contribution in [0.25, 0.3) is 11.3 Å². The molecule has 116 valence electrons. The van der Waals surface area contributed by atoms with Gasteiger partial charge in [0.1, 0.15) is 11.5 Å². The van der Waals surface area contributed by atoms with Gasteiger partial charge in [-0.1, -0.05) is 11.6 Å². The minimum atomic E-state index is -0.0949. The highest BCUT2D eigenvalue weighted by Crippen LogP contribution is 2.24. The van der Waals surface area contributed by atoms with Crippen molar-refractivity contribution in [1.82, 2.24) is 9.88 Å². The lowest BCUT2D eigenvalue weighted by Crippen LogP contribution is -2.26. The van der Waals surface area contributed by atoms with Gasteiger partial charge < -0.3 is 9.32 Å². The zero-order valence-electron chi connectivity index (χ0n) is 12.6. The minimum Gasteiger partial charge on any atom is -0.459 e. The van der Waals surface area contributed by atoms with Crippen LogP contribution in [-0.2, 0) is 6.54 Å². The third-order valence-electron chi connectivity index (χ3n) is 3.44. The molecule has 4 nitrogen and oxygen atoms in total. The van der Waals surface area contributed by atoms with Crippen molar-refractivity contribution in [3.63, 3.8) is 0 Å². The highest BCUT2D eigenvalue weighted by molar-refractivity contribution is 6.30. The van der Waals surface area contributed by atoms with Crippen molar-refractivity contribution >= 4 is 17.5 Å². The third kappa shape index (κ3) is 3.60. The first kappa shape index (κ1) is 15.3. The first-order chi connectivity index (χ1) is 11.1. The number of hydrogen-bond donors (Lipinski definition) is 0. The smallest absolute Gasteiger partial charge is 0.255 e. The van der Waals surface area contributed by atoms with Crippen LogP contribution >= 0.6 is 11.6 Å². The van der Waals surface area contributed by atoms with Crippen molar-refractivity contribution in [1.29, 1.82) is 0 Å². The molecule has 0 bridgehead atoms. The molecule has 0 aliphatic heterocycles. The Morgan fingerprint density at radius 2 is 1.96 bits per heavy atom. The lowest BCUT2D eigenvalue weighted by Gasteiger charge is -2.15. The summed E-state index contributed by atoms with van der Waals surface area (Å²) in [4.78, 5) is 17.9. The van der Waals surface area contributed by atoms with Crippen LogP contribution in [0.2, 0.25) is 5.02 Å². The first-order valence-electron chi connectivity index (χ1n) is 7.13. The molecule has 3 aromatic rings. The largest absolute Gasteiger partial charge is 0.459 e. The molecule has 0 N–H and O–H groups in total. The van der Waals surface area contributed by atoms with E-state index in [1.54, 1.807) is 36.5 Å². The average molecular weight is 327 g/mol. The number of pyridine rings is 1. The summed E-state index contributed by atoms with van der Waals surface area (Å²) in [6.45, 7) is 0.390. The predicted octanol–water partition coefficient (Wildman–Crippen LogP) is 4.27. The van der Waals surface area contributed by atoms with E-state index >= 15 is 0 Å². The normalized spacial score (nSPS) is 10.5. The number of amides is 1. The molecular weight excluding hydrogens is 312 g/mol. The van der Waals surface area contributed by atoms with E-state index in [0.717, 1.165) is 17.1 Å². The van der Waals surface area contributed by atoms with Crippen molar-refractivity contribution in [3.8, 4) is 11.3 Å². The number of carbonyl (C=O) groups excluding carboxylic acids is 1. The van der Waals surface area contributed by atoms with Gasteiger partial charge >= 0.3 is 0 Å². The standard InChI is InChI=1S/C18H15ClN2O2/c1-21(18(22)14-3-2-10-20-11-14)12-16-8-9-17(23-16)13-4-6-15(19)7-5-13/h2-11H,12H2,1H3. The second-order valence-electron chi connectivity index (χ2n) is 5.18. The van der Waals surface area contributed by atoms with E-state index < -0.39 is 0 Å². The molecule has 0 aliphatic rings. The maximum atomic E-state index is 12.3. The molecule has 1 amide bonds. The van der Waals surface area contributed by atoms with Gasteiger partial charge in [0, 0.05) is 30.0 Å². The van der Waals surface area contributed by atoms with Crippen LogP contribution in [0.15, 0.2) is 65.3 Å². The van der Waals surface area contributed by atoms with Crippen LogP contribution in [0.5, 0.6) is 0 Å².